The summed E-state index contributed by atoms with van der Waals surface area (Å²) in [6.07, 6.45) is 12.7. The van der Waals surface area contributed by atoms with E-state index in [1.54, 1.807) is 0 Å². The number of hydrogen-bond donors (Lipinski definition) is 0. The van der Waals surface area contributed by atoms with Gasteiger partial charge in [0.15, 0.2) is 0 Å². The molecule has 0 aromatic rings. The van der Waals surface area contributed by atoms with Gasteiger partial charge in [-0.05, 0) is 13.3 Å². The standard InChI is InChI=1S/C18H34O5.Na/c1-3-4-5-6-7-8-9-10-11-12-13-21-14-16-15-22-18(2,23-16)17(19)20;/h16H,3-15H2,1-2H3,(H,19,20);/q;+1/p-1. The summed E-state index contributed by atoms with van der Waals surface area (Å²) in [6, 6.07) is 0. The predicted molar refractivity (Wildman–Crippen MR) is 86.9 cm³/mol. The van der Waals surface area contributed by atoms with Crippen LogP contribution in [0.2, 0.25) is 0 Å². The van der Waals surface area contributed by atoms with Gasteiger partial charge >= 0.3 is 29.6 Å². The molecule has 0 bridgehead atoms. The van der Waals surface area contributed by atoms with E-state index in [0.29, 0.717) is 13.2 Å². The number of hydrogen-bond acceptors (Lipinski definition) is 5. The van der Waals surface area contributed by atoms with Crippen LogP contribution in [0.3, 0.4) is 0 Å². The molecule has 0 amide bonds. The van der Waals surface area contributed by atoms with Crippen LogP contribution in [-0.4, -0.2) is 37.7 Å². The van der Waals surface area contributed by atoms with Crippen LogP contribution in [0.5, 0.6) is 0 Å². The van der Waals surface area contributed by atoms with Gasteiger partial charge in [-0.15, -0.1) is 0 Å². The second-order valence-electron chi connectivity index (χ2n) is 6.54. The van der Waals surface area contributed by atoms with E-state index in [-0.39, 0.29) is 42.3 Å². The summed E-state index contributed by atoms with van der Waals surface area (Å²) in [6.45, 7) is 4.92. The van der Waals surface area contributed by atoms with Gasteiger partial charge in [0.05, 0.1) is 13.2 Å². The van der Waals surface area contributed by atoms with Crippen molar-refractivity contribution in [2.75, 3.05) is 19.8 Å². The van der Waals surface area contributed by atoms with Crippen LogP contribution in [0.1, 0.15) is 78.1 Å². The molecule has 1 saturated heterocycles. The predicted octanol–water partition coefficient (Wildman–Crippen LogP) is -0.191. The van der Waals surface area contributed by atoms with E-state index in [1.807, 2.05) is 0 Å². The molecule has 6 heteroatoms. The van der Waals surface area contributed by atoms with Crippen molar-refractivity contribution in [2.24, 2.45) is 0 Å². The maximum Gasteiger partial charge on any atom is 1.00 e. The minimum absolute atomic E-state index is 0. The fourth-order valence-corrected chi connectivity index (χ4v) is 2.73. The van der Waals surface area contributed by atoms with Crippen molar-refractivity contribution >= 4 is 5.97 Å². The van der Waals surface area contributed by atoms with Crippen LogP contribution in [0.25, 0.3) is 0 Å². The summed E-state index contributed by atoms with van der Waals surface area (Å²) in [5, 5.41) is 10.8. The van der Waals surface area contributed by atoms with Crippen LogP contribution >= 0.6 is 0 Å². The first kappa shape index (κ1) is 24.4. The smallest absolute Gasteiger partial charge is 0.544 e. The molecule has 0 aromatic heterocycles. The Kier molecular flexibility index (Phi) is 14.7. The number of ether oxygens (including phenoxy) is 3. The quantitative estimate of drug-likeness (QED) is 0.320. The molecule has 0 saturated carbocycles. The molecule has 5 nitrogen and oxygen atoms in total. The van der Waals surface area contributed by atoms with E-state index in [4.69, 9.17) is 14.2 Å². The van der Waals surface area contributed by atoms with Gasteiger partial charge in [-0.3, -0.25) is 0 Å². The van der Waals surface area contributed by atoms with Crippen molar-refractivity contribution in [1.82, 2.24) is 0 Å². The number of carboxylic acid groups (broad SMARTS) is 1. The molecule has 136 valence electrons. The Morgan fingerprint density at radius 2 is 1.62 bits per heavy atom. The molecule has 2 atom stereocenters. The van der Waals surface area contributed by atoms with Crippen molar-refractivity contribution in [3.8, 4) is 0 Å². The fourth-order valence-electron chi connectivity index (χ4n) is 2.73. The largest absolute Gasteiger partial charge is 1.00 e. The van der Waals surface area contributed by atoms with E-state index >= 15 is 0 Å². The maximum atomic E-state index is 10.8. The van der Waals surface area contributed by atoms with E-state index in [2.05, 4.69) is 6.92 Å². The zero-order chi connectivity index (χ0) is 17.0. The average molecular weight is 352 g/mol. The van der Waals surface area contributed by atoms with Crippen LogP contribution in [-0.2, 0) is 19.0 Å². The van der Waals surface area contributed by atoms with Gasteiger partial charge < -0.3 is 24.1 Å². The summed E-state index contributed by atoms with van der Waals surface area (Å²) in [5.41, 5.74) is 0. The normalized spacial score (nSPS) is 23.2. The van der Waals surface area contributed by atoms with Crippen LogP contribution < -0.4 is 34.7 Å². The first-order valence-corrected chi connectivity index (χ1v) is 9.19. The summed E-state index contributed by atoms with van der Waals surface area (Å²) in [7, 11) is 0. The Hall–Kier alpha value is 0.350. The molecule has 1 aliphatic rings. The third-order valence-electron chi connectivity index (χ3n) is 4.25. The molecule has 0 aliphatic carbocycles. The number of carboxylic acids is 1. The van der Waals surface area contributed by atoms with Crippen LogP contribution in [0, 0.1) is 0 Å². The second kappa shape index (κ2) is 14.5. The Labute approximate surface area is 169 Å². The zero-order valence-electron chi connectivity index (χ0n) is 15.8. The monoisotopic (exact) mass is 352 g/mol. The molecular weight excluding hydrogens is 319 g/mol. The van der Waals surface area contributed by atoms with Gasteiger partial charge in [-0.2, -0.15) is 0 Å². The Morgan fingerprint density at radius 3 is 2.12 bits per heavy atom. The van der Waals surface area contributed by atoms with Crippen LogP contribution in [0.4, 0.5) is 0 Å². The van der Waals surface area contributed by atoms with Crippen molar-refractivity contribution in [1.29, 1.82) is 0 Å². The fraction of sp³-hybridized carbons (Fsp3) is 0.944. The Balaban J connectivity index is 0.00000529. The number of unbranched alkanes of at least 4 members (excludes halogenated alkanes) is 9. The van der Waals surface area contributed by atoms with Gasteiger partial charge in [0, 0.05) is 6.61 Å². The Bertz CT molecular complexity index is 327. The van der Waals surface area contributed by atoms with E-state index in [9.17, 15) is 9.90 Å². The van der Waals surface area contributed by atoms with E-state index < -0.39 is 11.8 Å². The molecule has 1 rings (SSSR count). The molecule has 0 spiro atoms. The van der Waals surface area contributed by atoms with Crippen molar-refractivity contribution in [2.45, 2.75) is 89.9 Å². The van der Waals surface area contributed by atoms with E-state index in [1.165, 1.54) is 64.7 Å². The first-order chi connectivity index (χ1) is 11.1. The first-order valence-electron chi connectivity index (χ1n) is 9.19. The topological polar surface area (TPSA) is 67.8 Å². The van der Waals surface area contributed by atoms with Crippen molar-refractivity contribution in [3.05, 3.63) is 0 Å². The Morgan fingerprint density at radius 1 is 1.08 bits per heavy atom. The minimum Gasteiger partial charge on any atom is -0.544 e. The summed E-state index contributed by atoms with van der Waals surface area (Å²) in [4.78, 5) is 10.8. The molecule has 1 heterocycles. The average Bonchev–Trinajstić information content (AvgIpc) is 2.91. The SMILES string of the molecule is CCCCCCCCCCCCOCC1COC(C)(C(=O)[O-])O1.[Na+]. The van der Waals surface area contributed by atoms with E-state index in [0.717, 1.165) is 6.42 Å². The van der Waals surface area contributed by atoms with Crippen LogP contribution in [0.15, 0.2) is 0 Å². The molecule has 1 aliphatic heterocycles. The van der Waals surface area contributed by atoms with Gasteiger partial charge in [-0.1, -0.05) is 64.7 Å². The molecule has 0 radical (unpaired) electrons. The number of aliphatic carboxylic acids is 1. The third-order valence-corrected chi connectivity index (χ3v) is 4.25. The second-order valence-corrected chi connectivity index (χ2v) is 6.54. The third kappa shape index (κ3) is 10.4. The van der Waals surface area contributed by atoms with Gasteiger partial charge in [0.2, 0.25) is 5.79 Å². The minimum atomic E-state index is -1.62. The van der Waals surface area contributed by atoms with Gasteiger partial charge in [-0.25, -0.2) is 0 Å². The molecule has 0 N–H and O–H groups in total. The number of rotatable bonds is 14. The molecule has 2 unspecified atom stereocenters. The number of carbonyl (C=O) groups is 1. The molecular formula is C18H33NaO5. The molecule has 24 heavy (non-hydrogen) atoms. The zero-order valence-corrected chi connectivity index (χ0v) is 17.8. The van der Waals surface area contributed by atoms with Gasteiger partial charge in [0.1, 0.15) is 12.1 Å². The van der Waals surface area contributed by atoms with Gasteiger partial charge in [0.25, 0.3) is 0 Å². The molecule has 1 fully saturated rings. The molecule has 0 aromatic carbocycles. The van der Waals surface area contributed by atoms with Crippen molar-refractivity contribution < 1.29 is 53.7 Å². The summed E-state index contributed by atoms with van der Waals surface area (Å²) in [5.74, 6) is -2.96. The van der Waals surface area contributed by atoms with Crippen molar-refractivity contribution in [3.63, 3.8) is 0 Å². The summed E-state index contributed by atoms with van der Waals surface area (Å²) >= 11 is 0. The summed E-state index contributed by atoms with van der Waals surface area (Å²) < 4.78 is 16.0. The number of carbonyl (C=O) groups excluding carboxylic acids is 1. The maximum absolute atomic E-state index is 10.8.